The molecule has 18 heavy (non-hydrogen) atoms. The van der Waals surface area contributed by atoms with Crippen LogP contribution in [0.3, 0.4) is 0 Å². The Balaban J connectivity index is 2.09. The van der Waals surface area contributed by atoms with E-state index in [0.29, 0.717) is 12.5 Å². The largest absolute Gasteiger partial charge is 0.466 e. The first-order valence-corrected chi connectivity index (χ1v) is 7.03. The summed E-state index contributed by atoms with van der Waals surface area (Å²) in [5.74, 6) is 0.560. The molecular weight excluding hydrogens is 224 g/mol. The highest BCUT2D eigenvalue weighted by Gasteiger charge is 2.27. The minimum Gasteiger partial charge on any atom is -0.466 e. The molecule has 0 radical (unpaired) electrons. The molecule has 1 aliphatic carbocycles. The molecule has 2 heteroatoms. The third kappa shape index (κ3) is 3.34. The van der Waals surface area contributed by atoms with Crippen molar-refractivity contribution in [1.82, 2.24) is 0 Å². The van der Waals surface area contributed by atoms with Crippen LogP contribution in [0.25, 0.3) is 0 Å². The van der Waals surface area contributed by atoms with E-state index in [1.165, 1.54) is 25.7 Å². The van der Waals surface area contributed by atoms with Crippen molar-refractivity contribution in [1.29, 1.82) is 0 Å². The van der Waals surface area contributed by atoms with Crippen LogP contribution in [0, 0.1) is 5.92 Å². The fraction of sp³-hybridized carbons (Fsp3) is 0.562. The van der Waals surface area contributed by atoms with Crippen LogP contribution >= 0.6 is 0 Å². The summed E-state index contributed by atoms with van der Waals surface area (Å²) in [6.07, 6.45) is 6.11. The van der Waals surface area contributed by atoms with Gasteiger partial charge in [0.2, 0.25) is 0 Å². The molecule has 0 bridgehead atoms. The Morgan fingerprint density at radius 1 is 1.28 bits per heavy atom. The third-order valence-corrected chi connectivity index (χ3v) is 3.82. The van der Waals surface area contributed by atoms with Gasteiger partial charge in [0.25, 0.3) is 0 Å². The van der Waals surface area contributed by atoms with Gasteiger partial charge >= 0.3 is 5.97 Å². The maximum absolute atomic E-state index is 12.1. The predicted molar refractivity (Wildman–Crippen MR) is 72.4 cm³/mol. The van der Waals surface area contributed by atoms with Crippen molar-refractivity contribution in [2.75, 3.05) is 6.61 Å². The average molecular weight is 246 g/mol. The molecule has 1 atom stereocenters. The summed E-state index contributed by atoms with van der Waals surface area (Å²) in [4.78, 5) is 12.1. The first kappa shape index (κ1) is 13.1. The van der Waals surface area contributed by atoms with Crippen LogP contribution in [0.15, 0.2) is 30.3 Å². The maximum atomic E-state index is 12.1. The van der Waals surface area contributed by atoms with Crippen LogP contribution in [0.1, 0.15) is 50.5 Å². The van der Waals surface area contributed by atoms with Crippen LogP contribution in [0.2, 0.25) is 0 Å². The molecule has 0 N–H and O–H groups in total. The Bertz CT molecular complexity index is 366. The second kappa shape index (κ2) is 6.58. The molecule has 98 valence electrons. The van der Waals surface area contributed by atoms with Gasteiger partial charge in [-0.1, -0.05) is 56.0 Å². The summed E-state index contributed by atoms with van der Waals surface area (Å²) < 4.78 is 5.23. The predicted octanol–water partition coefficient (Wildman–Crippen LogP) is 3.91. The summed E-state index contributed by atoms with van der Waals surface area (Å²) in [6.45, 7) is 2.34. The lowest BCUT2D eigenvalue weighted by Gasteiger charge is -2.19. The first-order valence-electron chi connectivity index (χ1n) is 7.03. The number of rotatable bonds is 5. The fourth-order valence-corrected chi connectivity index (χ4v) is 2.88. The zero-order valence-electron chi connectivity index (χ0n) is 11.1. The van der Waals surface area contributed by atoms with Gasteiger partial charge in [-0.05, 0) is 24.8 Å². The molecule has 0 saturated heterocycles. The summed E-state index contributed by atoms with van der Waals surface area (Å²) in [6, 6.07) is 10.1. The van der Waals surface area contributed by atoms with E-state index in [1.807, 2.05) is 37.3 Å². The molecule has 2 nitrogen and oxygen atoms in total. The van der Waals surface area contributed by atoms with Crippen molar-refractivity contribution in [3.8, 4) is 0 Å². The van der Waals surface area contributed by atoms with Gasteiger partial charge in [-0.3, -0.25) is 4.79 Å². The van der Waals surface area contributed by atoms with E-state index in [0.717, 1.165) is 12.0 Å². The number of hydrogen-bond donors (Lipinski definition) is 0. The van der Waals surface area contributed by atoms with E-state index in [4.69, 9.17) is 4.74 Å². The van der Waals surface area contributed by atoms with Crippen molar-refractivity contribution >= 4 is 5.97 Å². The maximum Gasteiger partial charge on any atom is 0.313 e. The Kier molecular flexibility index (Phi) is 4.80. The van der Waals surface area contributed by atoms with E-state index < -0.39 is 0 Å². The number of ether oxygens (including phenoxy) is 1. The molecule has 0 aromatic heterocycles. The molecule has 1 aromatic carbocycles. The molecule has 1 aromatic rings. The van der Waals surface area contributed by atoms with E-state index in [2.05, 4.69) is 0 Å². The molecule has 0 amide bonds. The normalized spacial score (nSPS) is 17.6. The molecular formula is C16H22O2. The highest BCUT2D eigenvalue weighted by Crippen LogP contribution is 2.34. The second-order valence-electron chi connectivity index (χ2n) is 5.10. The standard InChI is InChI=1S/C16H22O2/c1-2-18-16(17)15(12-13-8-6-7-9-13)14-10-4-3-5-11-14/h3-5,10-11,13,15H,2,6-9,12H2,1H3/t15-/m1/s1. The second-order valence-corrected chi connectivity index (χ2v) is 5.10. The minimum absolute atomic E-state index is 0.0596. The van der Waals surface area contributed by atoms with Gasteiger partial charge in [-0.25, -0.2) is 0 Å². The van der Waals surface area contributed by atoms with E-state index in [9.17, 15) is 4.79 Å². The first-order chi connectivity index (χ1) is 8.81. The molecule has 0 aliphatic heterocycles. The van der Waals surface area contributed by atoms with E-state index >= 15 is 0 Å². The van der Waals surface area contributed by atoms with Crippen LogP contribution in [0.4, 0.5) is 0 Å². The Morgan fingerprint density at radius 3 is 2.56 bits per heavy atom. The molecule has 2 rings (SSSR count). The molecule has 1 aliphatic rings. The third-order valence-electron chi connectivity index (χ3n) is 3.82. The van der Waals surface area contributed by atoms with Crippen molar-refractivity contribution in [2.24, 2.45) is 5.92 Å². The van der Waals surface area contributed by atoms with Crippen LogP contribution < -0.4 is 0 Å². The van der Waals surface area contributed by atoms with Gasteiger partial charge in [0.1, 0.15) is 0 Å². The van der Waals surface area contributed by atoms with E-state index in [1.54, 1.807) is 0 Å². The summed E-state index contributed by atoms with van der Waals surface area (Å²) in [7, 11) is 0. The molecule has 1 fully saturated rings. The molecule has 0 spiro atoms. The highest BCUT2D eigenvalue weighted by atomic mass is 16.5. The molecule has 0 unspecified atom stereocenters. The van der Waals surface area contributed by atoms with E-state index in [-0.39, 0.29) is 11.9 Å². The summed E-state index contributed by atoms with van der Waals surface area (Å²) in [5.41, 5.74) is 1.10. The monoisotopic (exact) mass is 246 g/mol. The minimum atomic E-state index is -0.0748. The topological polar surface area (TPSA) is 26.3 Å². The van der Waals surface area contributed by atoms with Gasteiger partial charge < -0.3 is 4.74 Å². The van der Waals surface area contributed by atoms with Crippen molar-refractivity contribution in [2.45, 2.75) is 44.9 Å². The zero-order valence-corrected chi connectivity index (χ0v) is 11.1. The Morgan fingerprint density at radius 2 is 1.94 bits per heavy atom. The lowest BCUT2D eigenvalue weighted by Crippen LogP contribution is -2.18. The number of esters is 1. The smallest absolute Gasteiger partial charge is 0.313 e. The average Bonchev–Trinajstić information content (AvgIpc) is 2.90. The lowest BCUT2D eigenvalue weighted by molar-refractivity contribution is -0.145. The van der Waals surface area contributed by atoms with Crippen molar-refractivity contribution in [3.63, 3.8) is 0 Å². The van der Waals surface area contributed by atoms with Gasteiger partial charge in [-0.15, -0.1) is 0 Å². The zero-order chi connectivity index (χ0) is 12.8. The summed E-state index contributed by atoms with van der Waals surface area (Å²) >= 11 is 0. The van der Waals surface area contributed by atoms with Crippen molar-refractivity contribution in [3.05, 3.63) is 35.9 Å². The van der Waals surface area contributed by atoms with Gasteiger partial charge in [-0.2, -0.15) is 0 Å². The SMILES string of the molecule is CCOC(=O)[C@H](CC1CCCC1)c1ccccc1. The summed E-state index contributed by atoms with van der Waals surface area (Å²) in [5, 5.41) is 0. The number of carbonyl (C=O) groups excluding carboxylic acids is 1. The number of carbonyl (C=O) groups is 1. The van der Waals surface area contributed by atoms with Crippen LogP contribution in [0.5, 0.6) is 0 Å². The number of hydrogen-bond acceptors (Lipinski definition) is 2. The molecule has 0 heterocycles. The van der Waals surface area contributed by atoms with Gasteiger partial charge in [0.05, 0.1) is 12.5 Å². The quantitative estimate of drug-likeness (QED) is 0.736. The Labute approximate surface area is 109 Å². The van der Waals surface area contributed by atoms with Crippen LogP contribution in [-0.2, 0) is 9.53 Å². The van der Waals surface area contributed by atoms with Crippen molar-refractivity contribution < 1.29 is 9.53 Å². The fourth-order valence-electron chi connectivity index (χ4n) is 2.88. The lowest BCUT2D eigenvalue weighted by atomic mass is 9.88. The van der Waals surface area contributed by atoms with Gasteiger partial charge in [0.15, 0.2) is 0 Å². The van der Waals surface area contributed by atoms with Gasteiger partial charge in [0, 0.05) is 0 Å². The molecule has 1 saturated carbocycles. The Hall–Kier alpha value is -1.31. The highest BCUT2D eigenvalue weighted by molar-refractivity contribution is 5.78. The number of benzene rings is 1. The van der Waals surface area contributed by atoms with Crippen LogP contribution in [-0.4, -0.2) is 12.6 Å².